The molecule has 1 heterocycles. The maximum atomic E-state index is 14.2. The molecule has 77 heavy (non-hydrogen) atoms. The number of aromatic nitrogens is 1. The van der Waals surface area contributed by atoms with Gasteiger partial charge in [0.05, 0.1) is 55.5 Å². The molecular weight excluding hydrogens is 1100 g/mol. The molecule has 7 aromatic rings. The van der Waals surface area contributed by atoms with Gasteiger partial charge < -0.3 is 5.11 Å². The van der Waals surface area contributed by atoms with Gasteiger partial charge in [-0.2, -0.15) is 132 Å². The van der Waals surface area contributed by atoms with E-state index < -0.39 is 201 Å². The third-order valence-electron chi connectivity index (χ3n) is 11.8. The highest BCUT2D eigenvalue weighted by Gasteiger charge is 2.47. The second-order valence-corrected chi connectivity index (χ2v) is 16.9. The van der Waals surface area contributed by atoms with Gasteiger partial charge in [-0.25, -0.2) is 4.79 Å². The van der Waals surface area contributed by atoms with Crippen LogP contribution in [0.15, 0.2) is 140 Å². The third-order valence-corrected chi connectivity index (χ3v) is 11.8. The maximum absolute atomic E-state index is 14.2. The summed E-state index contributed by atoms with van der Waals surface area (Å²) >= 11 is 0. The zero-order valence-corrected chi connectivity index (χ0v) is 37.4. The number of para-hydroxylation sites is 1. The average molecular weight is 1130 g/mol. The molecule has 1 aromatic heterocycles. The van der Waals surface area contributed by atoms with E-state index >= 15 is 0 Å². The van der Waals surface area contributed by atoms with Gasteiger partial charge in [0.2, 0.25) is 5.52 Å². The molecule has 0 aliphatic heterocycles. The number of carbonyl (C=O) groups is 1. The molecule has 28 heteroatoms. The second kappa shape index (κ2) is 20.2. The number of nitrogens with zero attached hydrogens (tertiary/aromatic N) is 1. The lowest BCUT2D eigenvalue weighted by atomic mass is 9.12. The summed E-state index contributed by atoms with van der Waals surface area (Å²) in [4.78, 5) is 11.3. The molecule has 0 amide bonds. The smallest absolute Gasteiger partial charge is 0.416 e. The first-order chi connectivity index (χ1) is 35.0. The molecular formula is C49H26BF24NO2. The second-order valence-electron chi connectivity index (χ2n) is 16.9. The first-order valence-electron chi connectivity index (χ1n) is 21.1. The molecule has 0 saturated carbocycles. The van der Waals surface area contributed by atoms with Crippen molar-refractivity contribution in [3.63, 3.8) is 0 Å². The Morgan fingerprint density at radius 3 is 0.883 bits per heavy atom. The molecule has 0 aliphatic rings. The van der Waals surface area contributed by atoms with Crippen molar-refractivity contribution in [2.75, 3.05) is 0 Å². The van der Waals surface area contributed by atoms with Crippen LogP contribution in [0.2, 0.25) is 0 Å². The van der Waals surface area contributed by atoms with Gasteiger partial charge in [0.25, 0.3) is 0 Å². The lowest BCUT2D eigenvalue weighted by Gasteiger charge is -2.46. The van der Waals surface area contributed by atoms with E-state index in [0.717, 1.165) is 17.4 Å². The summed E-state index contributed by atoms with van der Waals surface area (Å²) in [6.07, 6.45) is -53.0. The number of aromatic carboxylic acids is 1. The fourth-order valence-corrected chi connectivity index (χ4v) is 8.46. The van der Waals surface area contributed by atoms with Crippen LogP contribution in [-0.4, -0.2) is 17.2 Å². The minimum Gasteiger partial charge on any atom is -0.478 e. The van der Waals surface area contributed by atoms with E-state index in [4.69, 9.17) is 0 Å². The van der Waals surface area contributed by atoms with E-state index in [1.165, 1.54) is 5.56 Å². The van der Waals surface area contributed by atoms with Crippen LogP contribution < -0.4 is 26.4 Å². The van der Waals surface area contributed by atoms with Crippen LogP contribution in [0, 0.1) is 0 Å². The SMILES string of the molecule is FC(F)(F)c1cc([B-](c2cc(C(F)(F)F)cc(C(F)(F)F)c2)(c2cc(C(F)(F)F)cc(C(F)(F)F)c2)c2cc(C(F)(F)F)cc(C(F)(F)F)c2)cc(C(F)(F)F)c1.O=C(O)c1cc[n+](Cc2ccccc2)c2ccccc12. The zero-order chi connectivity index (χ0) is 57.9. The summed E-state index contributed by atoms with van der Waals surface area (Å²) in [5.41, 5.74) is -27.8. The van der Waals surface area contributed by atoms with Crippen molar-refractivity contribution >= 4 is 44.9 Å². The first-order valence-corrected chi connectivity index (χ1v) is 21.1. The number of hydrogen-bond acceptors (Lipinski definition) is 1. The summed E-state index contributed by atoms with van der Waals surface area (Å²) in [7, 11) is 0. The van der Waals surface area contributed by atoms with Crippen molar-refractivity contribution in [2.45, 2.75) is 56.0 Å². The van der Waals surface area contributed by atoms with Gasteiger partial charge in [-0.1, -0.05) is 91.0 Å². The molecule has 6 aromatic carbocycles. The van der Waals surface area contributed by atoms with Gasteiger partial charge in [0, 0.05) is 17.7 Å². The van der Waals surface area contributed by atoms with E-state index in [2.05, 4.69) is 16.7 Å². The van der Waals surface area contributed by atoms with Gasteiger partial charge in [0.1, 0.15) is 6.15 Å². The summed E-state index contributed by atoms with van der Waals surface area (Å²) in [5.74, 6) is -0.895. The van der Waals surface area contributed by atoms with Crippen molar-refractivity contribution in [1.29, 1.82) is 0 Å². The molecule has 1 N–H and O–H groups in total. The lowest BCUT2D eigenvalue weighted by molar-refractivity contribution is -0.662. The molecule has 0 fully saturated rings. The van der Waals surface area contributed by atoms with Crippen molar-refractivity contribution in [3.8, 4) is 0 Å². The minimum atomic E-state index is -6.13. The van der Waals surface area contributed by atoms with Crippen molar-refractivity contribution in [1.82, 2.24) is 0 Å². The van der Waals surface area contributed by atoms with E-state index in [1.807, 2.05) is 48.7 Å². The zero-order valence-electron chi connectivity index (χ0n) is 37.4. The van der Waals surface area contributed by atoms with Crippen LogP contribution in [0.25, 0.3) is 10.9 Å². The van der Waals surface area contributed by atoms with E-state index in [1.54, 1.807) is 6.07 Å². The molecule has 0 unspecified atom stereocenters. The quantitative estimate of drug-likeness (QED) is 0.0982. The number of pyridine rings is 1. The monoisotopic (exact) mass is 1130 g/mol. The summed E-state index contributed by atoms with van der Waals surface area (Å²) in [5, 5.41) is 10.0. The summed E-state index contributed by atoms with van der Waals surface area (Å²) in [6.45, 7) is 0.723. The number of alkyl halides is 24. The van der Waals surface area contributed by atoms with Gasteiger partial charge in [-0.15, -0.1) is 0 Å². The predicted octanol–water partition coefficient (Wildman–Crippen LogP) is 14.1. The topological polar surface area (TPSA) is 41.2 Å². The maximum Gasteiger partial charge on any atom is 0.416 e. The Morgan fingerprint density at radius 1 is 0.364 bits per heavy atom. The third kappa shape index (κ3) is 13.1. The average Bonchev–Trinajstić information content (AvgIpc) is 3.30. The molecule has 0 atom stereocenters. The predicted molar refractivity (Wildman–Crippen MR) is 227 cm³/mol. The minimum absolute atomic E-state index is 0.338. The fraction of sp³-hybridized carbons (Fsp3) is 0.184. The molecule has 3 nitrogen and oxygen atoms in total. The van der Waals surface area contributed by atoms with Crippen molar-refractivity contribution < 1.29 is 120 Å². The standard InChI is InChI=1S/C32H12BF24.C17H13NO2/c34-25(35,36)13-1-14(26(37,38)39)6-21(5-13)33(22-7-15(27(40,41)42)2-16(8-22)28(43,44)45,23-9-17(29(46,47)48)3-18(10-23)30(49,50)51)24-11-19(31(52,53)54)4-20(12-24)32(55,56)57;19-17(20)15-10-11-18(12-13-6-2-1-3-7-13)16-9-5-4-8-14(15)16/h1-12H;1-11H,12H2/q-1;/p+1. The van der Waals surface area contributed by atoms with E-state index in [9.17, 15) is 115 Å². The highest BCUT2D eigenvalue weighted by molar-refractivity contribution is 7.20. The van der Waals surface area contributed by atoms with Gasteiger partial charge in [0.15, 0.2) is 12.7 Å². The van der Waals surface area contributed by atoms with Crippen LogP contribution in [0.3, 0.4) is 0 Å². The molecule has 7 rings (SSSR count). The van der Waals surface area contributed by atoms with Gasteiger partial charge in [-0.3, -0.25) is 0 Å². The lowest BCUT2D eigenvalue weighted by Crippen LogP contribution is -2.75. The fourth-order valence-electron chi connectivity index (χ4n) is 8.46. The van der Waals surface area contributed by atoms with Crippen LogP contribution in [0.5, 0.6) is 0 Å². The Morgan fingerprint density at radius 2 is 0.623 bits per heavy atom. The van der Waals surface area contributed by atoms with Crippen molar-refractivity contribution in [3.05, 3.63) is 195 Å². The van der Waals surface area contributed by atoms with Gasteiger partial charge in [-0.05, 0) is 30.3 Å². The van der Waals surface area contributed by atoms with E-state index in [-0.39, 0.29) is 0 Å². The van der Waals surface area contributed by atoms with Crippen LogP contribution in [0.4, 0.5) is 105 Å². The Balaban J connectivity index is 0.000000397. The Kier molecular flexibility index (Phi) is 15.4. The number of carboxylic acids is 1. The molecule has 410 valence electrons. The van der Waals surface area contributed by atoms with Crippen LogP contribution >= 0.6 is 0 Å². The first kappa shape index (κ1) is 58.8. The largest absolute Gasteiger partial charge is 0.478 e. The number of rotatable bonds is 7. The highest BCUT2D eigenvalue weighted by atomic mass is 19.4. The number of fused-ring (bicyclic) bond motifs is 1. The van der Waals surface area contributed by atoms with E-state index in [0.29, 0.717) is 5.56 Å². The van der Waals surface area contributed by atoms with Gasteiger partial charge >= 0.3 is 55.4 Å². The molecule has 0 spiro atoms. The van der Waals surface area contributed by atoms with Crippen LogP contribution in [0.1, 0.15) is 60.4 Å². The Bertz CT molecular complexity index is 2870. The number of benzene rings is 6. The molecule has 0 radical (unpaired) electrons. The normalized spacial score (nSPS) is 13.4. The Labute approximate surface area is 415 Å². The highest BCUT2D eigenvalue weighted by Crippen LogP contribution is 2.41. The molecule has 0 saturated heterocycles. The van der Waals surface area contributed by atoms with Crippen molar-refractivity contribution in [2.24, 2.45) is 0 Å². The Hall–Kier alpha value is -7.42. The number of halogens is 24. The number of hydrogen-bond donors (Lipinski definition) is 1. The summed E-state index contributed by atoms with van der Waals surface area (Å²) < 4.78 is 343. The van der Waals surface area contributed by atoms with Crippen LogP contribution in [-0.2, 0) is 56.0 Å². The molecule has 0 bridgehead atoms. The summed E-state index contributed by atoms with van der Waals surface area (Å²) in [6, 6.07) is 10.6. The number of carboxylic acid groups (broad SMARTS) is 1. The molecule has 0 aliphatic carbocycles.